The molecule has 0 radical (unpaired) electrons. The number of anilines is 1. The molecule has 1 atom stereocenters. The van der Waals surface area contributed by atoms with Crippen molar-refractivity contribution in [3.05, 3.63) is 59.2 Å². The molecule has 4 aromatic rings. The smallest absolute Gasteiger partial charge is 0.141 e. The van der Waals surface area contributed by atoms with Gasteiger partial charge >= 0.3 is 0 Å². The molecule has 3 heterocycles. The normalized spacial score (nSPS) is 19.2. The zero-order valence-electron chi connectivity index (χ0n) is 19.2. The summed E-state index contributed by atoms with van der Waals surface area (Å²) in [6.45, 7) is 8.10. The Balaban J connectivity index is 1.10. The Morgan fingerprint density at radius 3 is 2.79 bits per heavy atom. The minimum Gasteiger partial charge on any atom is -0.492 e. The Morgan fingerprint density at radius 2 is 1.88 bits per heavy atom. The molecule has 1 saturated heterocycles. The Morgan fingerprint density at radius 1 is 1.03 bits per heavy atom. The fourth-order valence-electron chi connectivity index (χ4n) is 5.30. The molecule has 33 heavy (non-hydrogen) atoms. The minimum atomic E-state index is 0.710. The van der Waals surface area contributed by atoms with Crippen molar-refractivity contribution in [2.24, 2.45) is 5.92 Å². The summed E-state index contributed by atoms with van der Waals surface area (Å²) in [7, 11) is 0. The first-order valence-corrected chi connectivity index (χ1v) is 12.9. The predicted molar refractivity (Wildman–Crippen MR) is 137 cm³/mol. The van der Waals surface area contributed by atoms with E-state index in [0.29, 0.717) is 6.61 Å². The SMILES string of the molecule is CC1CCc2sc3ncnc(N4CCN(CCOc5cccc6ccccc56)CC4)c3c2C1. The van der Waals surface area contributed by atoms with Crippen molar-refractivity contribution < 1.29 is 4.74 Å². The summed E-state index contributed by atoms with van der Waals surface area (Å²) in [5.74, 6) is 2.88. The van der Waals surface area contributed by atoms with E-state index in [1.807, 2.05) is 11.3 Å². The van der Waals surface area contributed by atoms with Crippen LogP contribution in [-0.2, 0) is 12.8 Å². The first-order valence-electron chi connectivity index (χ1n) is 12.1. The van der Waals surface area contributed by atoms with Crippen molar-refractivity contribution in [1.29, 1.82) is 0 Å². The van der Waals surface area contributed by atoms with Crippen molar-refractivity contribution in [2.45, 2.75) is 26.2 Å². The van der Waals surface area contributed by atoms with Gasteiger partial charge in [-0.1, -0.05) is 43.3 Å². The van der Waals surface area contributed by atoms with Gasteiger partial charge in [-0.05, 0) is 42.2 Å². The van der Waals surface area contributed by atoms with Gasteiger partial charge in [0.2, 0.25) is 0 Å². The third kappa shape index (κ3) is 4.06. The van der Waals surface area contributed by atoms with Gasteiger partial charge in [0.25, 0.3) is 0 Å². The number of aryl methyl sites for hydroxylation is 1. The van der Waals surface area contributed by atoms with Crippen molar-refractivity contribution in [3.63, 3.8) is 0 Å². The highest BCUT2D eigenvalue weighted by Crippen LogP contribution is 2.40. The van der Waals surface area contributed by atoms with Crippen LogP contribution in [0, 0.1) is 5.92 Å². The van der Waals surface area contributed by atoms with Crippen molar-refractivity contribution in [1.82, 2.24) is 14.9 Å². The molecular formula is C27H30N4OS. The van der Waals surface area contributed by atoms with E-state index in [-0.39, 0.29) is 0 Å². The molecule has 170 valence electrons. The molecule has 1 fully saturated rings. The molecular weight excluding hydrogens is 428 g/mol. The van der Waals surface area contributed by atoms with Crippen molar-refractivity contribution in [3.8, 4) is 5.75 Å². The van der Waals surface area contributed by atoms with Gasteiger partial charge in [0.05, 0.1) is 5.39 Å². The number of fused-ring (bicyclic) bond motifs is 4. The second-order valence-corrected chi connectivity index (χ2v) is 10.5. The van der Waals surface area contributed by atoms with Crippen LogP contribution >= 0.6 is 11.3 Å². The molecule has 0 bridgehead atoms. The average molecular weight is 459 g/mol. The summed E-state index contributed by atoms with van der Waals surface area (Å²) in [5.41, 5.74) is 1.52. The maximum atomic E-state index is 6.18. The molecule has 0 amide bonds. The van der Waals surface area contributed by atoms with Crippen molar-refractivity contribution in [2.75, 3.05) is 44.2 Å². The number of thiophene rings is 1. The van der Waals surface area contributed by atoms with Crippen LogP contribution in [-0.4, -0.2) is 54.2 Å². The molecule has 2 aromatic carbocycles. The van der Waals surface area contributed by atoms with E-state index in [4.69, 9.17) is 9.72 Å². The van der Waals surface area contributed by atoms with Crippen LogP contribution < -0.4 is 9.64 Å². The molecule has 0 saturated carbocycles. The van der Waals surface area contributed by atoms with Gasteiger partial charge in [-0.25, -0.2) is 9.97 Å². The summed E-state index contributed by atoms with van der Waals surface area (Å²) in [6, 6.07) is 14.7. The van der Waals surface area contributed by atoms with Gasteiger partial charge in [-0.15, -0.1) is 11.3 Å². The maximum Gasteiger partial charge on any atom is 0.141 e. The van der Waals surface area contributed by atoms with Gasteiger partial charge in [0, 0.05) is 43.0 Å². The molecule has 2 aromatic heterocycles. The Hall–Kier alpha value is -2.70. The second kappa shape index (κ2) is 8.92. The van der Waals surface area contributed by atoms with Crippen molar-refractivity contribution >= 4 is 38.1 Å². The highest BCUT2D eigenvalue weighted by Gasteiger charge is 2.26. The molecule has 1 aliphatic heterocycles. The zero-order valence-corrected chi connectivity index (χ0v) is 20.0. The van der Waals surface area contributed by atoms with Gasteiger partial charge < -0.3 is 9.64 Å². The highest BCUT2D eigenvalue weighted by molar-refractivity contribution is 7.19. The number of ether oxygens (including phenoxy) is 1. The number of aromatic nitrogens is 2. The van der Waals surface area contributed by atoms with Crippen LogP contribution in [0.5, 0.6) is 5.75 Å². The molecule has 5 nitrogen and oxygen atoms in total. The van der Waals surface area contributed by atoms with E-state index in [1.165, 1.54) is 50.7 Å². The first kappa shape index (κ1) is 20.9. The number of rotatable bonds is 5. The largest absolute Gasteiger partial charge is 0.492 e. The Bertz CT molecular complexity index is 1270. The third-order valence-electron chi connectivity index (χ3n) is 7.15. The van der Waals surface area contributed by atoms with E-state index >= 15 is 0 Å². The number of benzene rings is 2. The lowest BCUT2D eigenvalue weighted by Crippen LogP contribution is -2.47. The molecule has 1 aliphatic carbocycles. The molecule has 0 spiro atoms. The minimum absolute atomic E-state index is 0.710. The van der Waals surface area contributed by atoms with Gasteiger partial charge in [0.15, 0.2) is 0 Å². The van der Waals surface area contributed by atoms with Crippen LogP contribution in [0.2, 0.25) is 0 Å². The van der Waals surface area contributed by atoms with Gasteiger partial charge in [0.1, 0.15) is 29.3 Å². The molecule has 2 aliphatic rings. The second-order valence-electron chi connectivity index (χ2n) is 9.38. The molecule has 6 heteroatoms. The van der Waals surface area contributed by atoms with E-state index in [2.05, 4.69) is 64.2 Å². The Kier molecular flexibility index (Phi) is 5.64. The summed E-state index contributed by atoms with van der Waals surface area (Å²) >= 11 is 1.89. The maximum absolute atomic E-state index is 6.18. The fraction of sp³-hybridized carbons (Fsp3) is 0.407. The van der Waals surface area contributed by atoms with E-state index in [9.17, 15) is 0 Å². The summed E-state index contributed by atoms with van der Waals surface area (Å²) in [4.78, 5) is 17.1. The third-order valence-corrected chi connectivity index (χ3v) is 8.35. The lowest BCUT2D eigenvalue weighted by atomic mass is 9.88. The van der Waals surface area contributed by atoms with Gasteiger partial charge in [-0.2, -0.15) is 0 Å². The van der Waals surface area contributed by atoms with Crippen LogP contribution in [0.4, 0.5) is 5.82 Å². The number of hydrogen-bond acceptors (Lipinski definition) is 6. The molecule has 6 rings (SSSR count). The van der Waals surface area contributed by atoms with Crippen LogP contribution in [0.25, 0.3) is 21.0 Å². The summed E-state index contributed by atoms with van der Waals surface area (Å²) < 4.78 is 6.18. The monoisotopic (exact) mass is 458 g/mol. The fourth-order valence-corrected chi connectivity index (χ4v) is 6.47. The summed E-state index contributed by atoms with van der Waals surface area (Å²) in [6.07, 6.45) is 5.41. The van der Waals surface area contributed by atoms with E-state index in [0.717, 1.165) is 50.2 Å². The Labute approximate surface area is 199 Å². The average Bonchev–Trinajstić information content (AvgIpc) is 3.23. The quantitative estimate of drug-likeness (QED) is 0.413. The standard InChI is InChI=1S/C27H30N4OS/c1-19-9-10-24-22(17-19)25-26(28-18-29-27(25)33-24)31-13-11-30(12-14-31)15-16-32-23-8-4-6-20-5-2-3-7-21(20)23/h2-8,18-19H,9-17H2,1H3. The van der Waals surface area contributed by atoms with Crippen LogP contribution in [0.3, 0.4) is 0 Å². The number of hydrogen-bond donors (Lipinski definition) is 0. The van der Waals surface area contributed by atoms with Gasteiger partial charge in [-0.3, -0.25) is 4.90 Å². The number of piperazine rings is 1. The lowest BCUT2D eigenvalue weighted by molar-refractivity contribution is 0.201. The predicted octanol–water partition coefficient (Wildman–Crippen LogP) is 5.17. The summed E-state index contributed by atoms with van der Waals surface area (Å²) in [5, 5.41) is 3.74. The van der Waals surface area contributed by atoms with E-state index in [1.54, 1.807) is 6.33 Å². The molecule has 1 unspecified atom stereocenters. The lowest BCUT2D eigenvalue weighted by Gasteiger charge is -2.35. The topological polar surface area (TPSA) is 41.5 Å². The molecule has 0 N–H and O–H groups in total. The van der Waals surface area contributed by atoms with Crippen LogP contribution in [0.1, 0.15) is 23.8 Å². The highest BCUT2D eigenvalue weighted by atomic mass is 32.1. The van der Waals surface area contributed by atoms with Crippen LogP contribution in [0.15, 0.2) is 48.8 Å². The number of nitrogens with zero attached hydrogens (tertiary/aromatic N) is 4. The van der Waals surface area contributed by atoms with E-state index < -0.39 is 0 Å². The zero-order chi connectivity index (χ0) is 22.2. The first-order chi connectivity index (χ1) is 16.3.